The van der Waals surface area contributed by atoms with Crippen molar-refractivity contribution < 1.29 is 14.6 Å². The Labute approximate surface area is 120 Å². The molecular weight excluding hydrogens is 256 g/mol. The van der Waals surface area contributed by atoms with Crippen LogP contribution in [0, 0.1) is 19.8 Å². The molecule has 2 N–H and O–H groups in total. The minimum Gasteiger partial charge on any atom is -0.478 e. The van der Waals surface area contributed by atoms with Crippen molar-refractivity contribution in [3.05, 3.63) is 23.0 Å². The fourth-order valence-electron chi connectivity index (χ4n) is 1.95. The summed E-state index contributed by atoms with van der Waals surface area (Å²) in [4.78, 5) is 15.4. The van der Waals surface area contributed by atoms with Crippen LogP contribution in [0.1, 0.15) is 42.0 Å². The van der Waals surface area contributed by atoms with Crippen LogP contribution in [0.25, 0.3) is 0 Å². The van der Waals surface area contributed by atoms with Gasteiger partial charge in [0.25, 0.3) is 0 Å². The molecule has 0 aromatic carbocycles. The van der Waals surface area contributed by atoms with E-state index in [4.69, 9.17) is 4.74 Å². The Balaban J connectivity index is 2.53. The predicted octanol–water partition coefficient (Wildman–Crippen LogP) is 2.87. The van der Waals surface area contributed by atoms with Gasteiger partial charge in [0.15, 0.2) is 0 Å². The van der Waals surface area contributed by atoms with Crippen LogP contribution in [0.4, 0.5) is 5.69 Å². The second kappa shape index (κ2) is 7.85. The van der Waals surface area contributed by atoms with Gasteiger partial charge >= 0.3 is 5.97 Å². The molecule has 1 aromatic rings. The normalized spacial score (nSPS) is 10.8. The maximum atomic E-state index is 11.3. The number of carboxylic acid groups (broad SMARTS) is 1. The van der Waals surface area contributed by atoms with Crippen molar-refractivity contribution in [3.63, 3.8) is 0 Å². The van der Waals surface area contributed by atoms with Crippen LogP contribution in [0.15, 0.2) is 6.07 Å². The molecule has 0 aliphatic heterocycles. The number of pyridine rings is 1. The summed E-state index contributed by atoms with van der Waals surface area (Å²) >= 11 is 0. The van der Waals surface area contributed by atoms with E-state index in [-0.39, 0.29) is 5.56 Å². The first-order valence-electron chi connectivity index (χ1n) is 6.95. The smallest absolute Gasteiger partial charge is 0.339 e. The number of carbonyl (C=O) groups is 1. The third kappa shape index (κ3) is 5.17. The maximum absolute atomic E-state index is 11.3. The summed E-state index contributed by atoms with van der Waals surface area (Å²) in [5, 5.41) is 12.4. The van der Waals surface area contributed by atoms with Gasteiger partial charge in [-0.1, -0.05) is 13.8 Å². The number of rotatable bonds is 8. The SMILES string of the molecule is Cc1cc(NCCCOCC(C)C)c(C(=O)O)c(C)n1. The van der Waals surface area contributed by atoms with Crippen molar-refractivity contribution >= 4 is 11.7 Å². The quantitative estimate of drug-likeness (QED) is 0.716. The molecule has 0 unspecified atom stereocenters. The molecule has 0 spiro atoms. The van der Waals surface area contributed by atoms with Crippen molar-refractivity contribution in [1.29, 1.82) is 0 Å². The standard InChI is InChI=1S/C15H24N2O3/c1-10(2)9-20-7-5-6-16-13-8-11(3)17-12(4)14(13)15(18)19/h8,10H,5-7,9H2,1-4H3,(H,16,17)(H,18,19). The zero-order valence-corrected chi connectivity index (χ0v) is 12.7. The number of ether oxygens (including phenoxy) is 1. The molecule has 0 aliphatic carbocycles. The van der Waals surface area contributed by atoms with Gasteiger partial charge < -0.3 is 15.2 Å². The van der Waals surface area contributed by atoms with Gasteiger partial charge in [0.2, 0.25) is 0 Å². The monoisotopic (exact) mass is 280 g/mol. The molecule has 1 aromatic heterocycles. The zero-order chi connectivity index (χ0) is 15.1. The van der Waals surface area contributed by atoms with Gasteiger partial charge in [-0.25, -0.2) is 4.79 Å². The minimum atomic E-state index is -0.950. The Kier molecular flexibility index (Phi) is 6.45. The molecule has 1 heterocycles. The van der Waals surface area contributed by atoms with Crippen molar-refractivity contribution in [2.75, 3.05) is 25.1 Å². The van der Waals surface area contributed by atoms with Crippen LogP contribution in [0.2, 0.25) is 0 Å². The van der Waals surface area contributed by atoms with Gasteiger partial charge in [0.05, 0.1) is 11.4 Å². The van der Waals surface area contributed by atoms with Crippen LogP contribution in [-0.4, -0.2) is 35.8 Å². The van der Waals surface area contributed by atoms with Crippen LogP contribution < -0.4 is 5.32 Å². The van der Waals surface area contributed by atoms with E-state index >= 15 is 0 Å². The highest BCUT2D eigenvalue weighted by Crippen LogP contribution is 2.19. The summed E-state index contributed by atoms with van der Waals surface area (Å²) in [6, 6.07) is 1.77. The van der Waals surface area contributed by atoms with Crippen LogP contribution in [-0.2, 0) is 4.74 Å². The second-order valence-electron chi connectivity index (χ2n) is 5.33. The van der Waals surface area contributed by atoms with Gasteiger partial charge in [-0.05, 0) is 32.3 Å². The van der Waals surface area contributed by atoms with E-state index in [1.165, 1.54) is 0 Å². The number of nitrogens with zero attached hydrogens (tertiary/aromatic N) is 1. The summed E-state index contributed by atoms with van der Waals surface area (Å²) in [5.74, 6) is -0.416. The Bertz CT molecular complexity index is 459. The lowest BCUT2D eigenvalue weighted by Gasteiger charge is -2.13. The van der Waals surface area contributed by atoms with Crippen molar-refractivity contribution in [1.82, 2.24) is 4.98 Å². The van der Waals surface area contributed by atoms with E-state index in [2.05, 4.69) is 24.1 Å². The summed E-state index contributed by atoms with van der Waals surface area (Å²) in [5.41, 5.74) is 2.23. The minimum absolute atomic E-state index is 0.249. The lowest BCUT2D eigenvalue weighted by molar-refractivity contribution is 0.0696. The highest BCUT2D eigenvalue weighted by Gasteiger charge is 2.14. The van der Waals surface area contributed by atoms with E-state index in [0.29, 0.717) is 30.5 Å². The second-order valence-corrected chi connectivity index (χ2v) is 5.33. The number of nitrogens with one attached hydrogen (secondary N) is 1. The van der Waals surface area contributed by atoms with E-state index in [9.17, 15) is 9.90 Å². The summed E-state index contributed by atoms with van der Waals surface area (Å²) < 4.78 is 5.49. The number of anilines is 1. The first kappa shape index (κ1) is 16.4. The molecule has 1 rings (SSSR count). The van der Waals surface area contributed by atoms with Crippen LogP contribution in [0.5, 0.6) is 0 Å². The van der Waals surface area contributed by atoms with Gasteiger partial charge in [-0.3, -0.25) is 4.98 Å². The molecule has 0 aliphatic rings. The van der Waals surface area contributed by atoms with Crippen LogP contribution in [0.3, 0.4) is 0 Å². The molecule has 112 valence electrons. The fourth-order valence-corrected chi connectivity index (χ4v) is 1.95. The van der Waals surface area contributed by atoms with Gasteiger partial charge in [-0.2, -0.15) is 0 Å². The maximum Gasteiger partial charge on any atom is 0.339 e. The fraction of sp³-hybridized carbons (Fsp3) is 0.600. The number of aromatic nitrogens is 1. The molecule has 0 amide bonds. The van der Waals surface area contributed by atoms with Crippen LogP contribution >= 0.6 is 0 Å². The van der Waals surface area contributed by atoms with E-state index in [0.717, 1.165) is 18.7 Å². The highest BCUT2D eigenvalue weighted by atomic mass is 16.5. The lowest BCUT2D eigenvalue weighted by Crippen LogP contribution is -2.13. The molecule has 0 saturated carbocycles. The molecule has 5 heteroatoms. The number of carboxylic acids is 1. The number of hydrogen-bond donors (Lipinski definition) is 2. The van der Waals surface area contributed by atoms with E-state index in [1.807, 2.05) is 6.92 Å². The third-order valence-electron chi connectivity index (χ3n) is 2.77. The zero-order valence-electron chi connectivity index (χ0n) is 12.7. The Hall–Kier alpha value is -1.62. The average molecular weight is 280 g/mol. The number of aromatic carboxylic acids is 1. The largest absolute Gasteiger partial charge is 0.478 e. The van der Waals surface area contributed by atoms with E-state index in [1.54, 1.807) is 13.0 Å². The Morgan fingerprint density at radius 1 is 1.45 bits per heavy atom. The Morgan fingerprint density at radius 2 is 2.15 bits per heavy atom. The number of hydrogen-bond acceptors (Lipinski definition) is 4. The molecule has 0 saturated heterocycles. The molecule has 0 atom stereocenters. The van der Waals surface area contributed by atoms with Crippen molar-refractivity contribution in [2.24, 2.45) is 5.92 Å². The molecule has 0 bridgehead atoms. The Morgan fingerprint density at radius 3 is 2.75 bits per heavy atom. The first-order chi connectivity index (χ1) is 9.41. The molecule has 0 fully saturated rings. The lowest BCUT2D eigenvalue weighted by atomic mass is 10.1. The topological polar surface area (TPSA) is 71.5 Å². The molecule has 5 nitrogen and oxygen atoms in total. The summed E-state index contributed by atoms with van der Waals surface area (Å²) in [6.45, 7) is 9.91. The predicted molar refractivity (Wildman–Crippen MR) is 79.4 cm³/mol. The summed E-state index contributed by atoms with van der Waals surface area (Å²) in [7, 11) is 0. The average Bonchev–Trinajstić information content (AvgIpc) is 2.31. The van der Waals surface area contributed by atoms with Gasteiger partial charge in [0, 0.05) is 25.5 Å². The molecular formula is C15H24N2O3. The van der Waals surface area contributed by atoms with Gasteiger partial charge in [-0.15, -0.1) is 0 Å². The molecule has 20 heavy (non-hydrogen) atoms. The van der Waals surface area contributed by atoms with Crippen molar-refractivity contribution in [3.8, 4) is 0 Å². The third-order valence-corrected chi connectivity index (χ3v) is 2.77. The highest BCUT2D eigenvalue weighted by molar-refractivity contribution is 5.95. The van der Waals surface area contributed by atoms with Crippen molar-refractivity contribution in [2.45, 2.75) is 34.1 Å². The first-order valence-corrected chi connectivity index (χ1v) is 6.95. The summed E-state index contributed by atoms with van der Waals surface area (Å²) in [6.07, 6.45) is 0.839. The van der Waals surface area contributed by atoms with Gasteiger partial charge in [0.1, 0.15) is 5.56 Å². The molecule has 0 radical (unpaired) electrons. The van der Waals surface area contributed by atoms with E-state index < -0.39 is 5.97 Å². The number of aryl methyl sites for hydroxylation is 2.